The Morgan fingerprint density at radius 3 is 2.61 bits per heavy atom. The lowest BCUT2D eigenvalue weighted by molar-refractivity contribution is -0.137. The van der Waals surface area contributed by atoms with Crippen LogP contribution in [0.1, 0.15) is 18.1 Å². The molecule has 0 fully saturated rings. The molecular weight excluding hydrogens is 403 g/mol. The monoisotopic (exact) mass is 424 g/mol. The number of esters is 1. The predicted molar refractivity (Wildman–Crippen MR) is 110 cm³/mol. The first-order chi connectivity index (χ1) is 13.5. The van der Waals surface area contributed by atoms with Gasteiger partial charge in [-0.25, -0.2) is 4.79 Å². The average molecular weight is 425 g/mol. The van der Waals surface area contributed by atoms with Crippen LogP contribution in [0.4, 0.5) is 0 Å². The number of hydrogen-bond acceptors (Lipinski definition) is 5. The van der Waals surface area contributed by atoms with E-state index in [1.54, 1.807) is 56.5 Å². The molecule has 0 aliphatic carbocycles. The fraction of sp³-hybridized carbons (Fsp3) is 0.286. The second-order valence-corrected chi connectivity index (χ2v) is 6.49. The third kappa shape index (κ3) is 7.08. The van der Waals surface area contributed by atoms with E-state index in [0.29, 0.717) is 46.9 Å². The largest absolute Gasteiger partial charge is 0.491 e. The molecule has 2 rings (SSSR count). The van der Waals surface area contributed by atoms with E-state index in [-0.39, 0.29) is 6.61 Å². The van der Waals surface area contributed by atoms with Crippen molar-refractivity contribution in [2.75, 3.05) is 26.9 Å². The summed E-state index contributed by atoms with van der Waals surface area (Å²) in [7, 11) is 1.61. The molecule has 150 valence electrons. The lowest BCUT2D eigenvalue weighted by Gasteiger charge is -2.13. The molecule has 0 heterocycles. The Morgan fingerprint density at radius 1 is 1.07 bits per heavy atom. The van der Waals surface area contributed by atoms with Crippen molar-refractivity contribution in [1.29, 1.82) is 0 Å². The van der Waals surface area contributed by atoms with E-state index < -0.39 is 5.97 Å². The number of hydrogen-bond donors (Lipinski definition) is 0. The van der Waals surface area contributed by atoms with E-state index in [0.717, 1.165) is 5.56 Å². The van der Waals surface area contributed by atoms with Crippen LogP contribution >= 0.6 is 23.2 Å². The summed E-state index contributed by atoms with van der Waals surface area (Å²) in [5.74, 6) is 0.749. The van der Waals surface area contributed by atoms with Gasteiger partial charge in [-0.15, -0.1) is 0 Å². The molecule has 0 saturated heterocycles. The summed E-state index contributed by atoms with van der Waals surface area (Å²) in [5.41, 5.74) is 1.49. The van der Waals surface area contributed by atoms with Crippen molar-refractivity contribution in [1.82, 2.24) is 0 Å². The van der Waals surface area contributed by atoms with E-state index in [9.17, 15) is 4.79 Å². The van der Waals surface area contributed by atoms with Crippen LogP contribution in [0, 0.1) is 0 Å². The van der Waals surface area contributed by atoms with Crippen LogP contribution in [-0.2, 0) is 20.9 Å². The van der Waals surface area contributed by atoms with Gasteiger partial charge in [-0.1, -0.05) is 29.3 Å². The molecule has 0 aliphatic rings. The molecule has 2 aromatic rings. The first-order valence-electron chi connectivity index (χ1n) is 8.70. The number of benzene rings is 2. The quantitative estimate of drug-likeness (QED) is 0.299. The summed E-state index contributed by atoms with van der Waals surface area (Å²) in [4.78, 5) is 11.6. The van der Waals surface area contributed by atoms with Gasteiger partial charge in [0.15, 0.2) is 0 Å². The van der Waals surface area contributed by atoms with E-state index in [1.807, 2.05) is 0 Å². The van der Waals surface area contributed by atoms with Crippen LogP contribution in [0.25, 0.3) is 6.08 Å². The Kier molecular flexibility index (Phi) is 9.14. The molecule has 0 aromatic heterocycles. The molecule has 0 unspecified atom stereocenters. The smallest absolute Gasteiger partial charge is 0.330 e. The molecular formula is C21H22Cl2O5. The summed E-state index contributed by atoms with van der Waals surface area (Å²) < 4.78 is 21.5. The van der Waals surface area contributed by atoms with Crippen molar-refractivity contribution in [3.8, 4) is 11.5 Å². The van der Waals surface area contributed by atoms with E-state index in [4.69, 9.17) is 42.1 Å². The predicted octanol–water partition coefficient (Wildman–Crippen LogP) is 5.17. The molecule has 28 heavy (non-hydrogen) atoms. The van der Waals surface area contributed by atoms with Gasteiger partial charge < -0.3 is 18.9 Å². The standard InChI is InChI=1S/C21H22Cl2O5/c1-3-26-21(24)9-6-15-5-8-18(27-11-10-25-2)13-20(15)28-14-16-4-7-17(22)12-19(16)23/h4-9,12-13H,3,10-11,14H2,1-2H3/b9-6+. The maximum Gasteiger partial charge on any atom is 0.330 e. The zero-order valence-corrected chi connectivity index (χ0v) is 17.3. The minimum atomic E-state index is -0.422. The van der Waals surface area contributed by atoms with Gasteiger partial charge in [-0.2, -0.15) is 0 Å². The van der Waals surface area contributed by atoms with E-state index in [2.05, 4.69) is 0 Å². The molecule has 7 heteroatoms. The molecule has 0 amide bonds. The zero-order valence-electron chi connectivity index (χ0n) is 15.7. The van der Waals surface area contributed by atoms with Crippen LogP contribution in [0.5, 0.6) is 11.5 Å². The van der Waals surface area contributed by atoms with Crippen molar-refractivity contribution in [2.45, 2.75) is 13.5 Å². The van der Waals surface area contributed by atoms with Crippen LogP contribution < -0.4 is 9.47 Å². The maximum absolute atomic E-state index is 11.6. The number of rotatable bonds is 10. The van der Waals surface area contributed by atoms with Crippen LogP contribution in [0.15, 0.2) is 42.5 Å². The van der Waals surface area contributed by atoms with Gasteiger partial charge in [0, 0.05) is 40.4 Å². The maximum atomic E-state index is 11.6. The highest BCUT2D eigenvalue weighted by atomic mass is 35.5. The highest BCUT2D eigenvalue weighted by Gasteiger charge is 2.08. The second-order valence-electron chi connectivity index (χ2n) is 5.65. The van der Waals surface area contributed by atoms with Gasteiger partial charge in [0.25, 0.3) is 0 Å². The lowest BCUT2D eigenvalue weighted by Crippen LogP contribution is -2.05. The molecule has 2 aromatic carbocycles. The Balaban J connectivity index is 2.20. The Labute approximate surface area is 174 Å². The summed E-state index contributed by atoms with van der Waals surface area (Å²) in [6.45, 7) is 3.19. The number of carbonyl (C=O) groups excluding carboxylic acids is 1. The molecule has 0 N–H and O–H groups in total. The van der Waals surface area contributed by atoms with Crippen molar-refractivity contribution in [3.63, 3.8) is 0 Å². The molecule has 0 spiro atoms. The average Bonchev–Trinajstić information content (AvgIpc) is 2.67. The van der Waals surface area contributed by atoms with Gasteiger partial charge in [-0.3, -0.25) is 0 Å². The SMILES string of the molecule is CCOC(=O)/C=C/c1ccc(OCCOC)cc1OCc1ccc(Cl)cc1Cl. The zero-order chi connectivity index (χ0) is 20.4. The summed E-state index contributed by atoms with van der Waals surface area (Å²) in [6.07, 6.45) is 2.99. The summed E-state index contributed by atoms with van der Waals surface area (Å²) in [6, 6.07) is 10.6. The lowest BCUT2D eigenvalue weighted by atomic mass is 10.1. The van der Waals surface area contributed by atoms with E-state index in [1.165, 1.54) is 6.08 Å². The second kappa shape index (κ2) is 11.6. The molecule has 0 bridgehead atoms. The van der Waals surface area contributed by atoms with Gasteiger partial charge in [0.1, 0.15) is 24.7 Å². The minimum Gasteiger partial charge on any atom is -0.491 e. The topological polar surface area (TPSA) is 54.0 Å². The number of halogens is 2. The normalized spacial score (nSPS) is 10.9. The molecule has 0 saturated carbocycles. The third-order valence-electron chi connectivity index (χ3n) is 3.63. The Bertz CT molecular complexity index is 820. The van der Waals surface area contributed by atoms with Crippen molar-refractivity contribution in [3.05, 3.63) is 63.6 Å². The Morgan fingerprint density at radius 2 is 1.89 bits per heavy atom. The first-order valence-corrected chi connectivity index (χ1v) is 9.46. The van der Waals surface area contributed by atoms with Crippen molar-refractivity contribution < 1.29 is 23.7 Å². The molecule has 5 nitrogen and oxygen atoms in total. The summed E-state index contributed by atoms with van der Waals surface area (Å²) in [5, 5.41) is 1.07. The van der Waals surface area contributed by atoms with Gasteiger partial charge in [-0.05, 0) is 37.3 Å². The minimum absolute atomic E-state index is 0.234. The van der Waals surface area contributed by atoms with Crippen molar-refractivity contribution in [2.24, 2.45) is 0 Å². The van der Waals surface area contributed by atoms with Gasteiger partial charge >= 0.3 is 5.97 Å². The number of methoxy groups -OCH3 is 1. The highest BCUT2D eigenvalue weighted by Crippen LogP contribution is 2.29. The molecule has 0 aliphatic heterocycles. The fourth-order valence-corrected chi connectivity index (χ4v) is 2.72. The molecule has 0 atom stereocenters. The Hall–Kier alpha value is -2.21. The number of carbonyl (C=O) groups is 1. The highest BCUT2D eigenvalue weighted by molar-refractivity contribution is 6.35. The van der Waals surface area contributed by atoms with Crippen LogP contribution in [-0.4, -0.2) is 32.9 Å². The van der Waals surface area contributed by atoms with Gasteiger partial charge in [0.05, 0.1) is 13.2 Å². The van der Waals surface area contributed by atoms with Crippen molar-refractivity contribution >= 4 is 35.2 Å². The summed E-state index contributed by atoms with van der Waals surface area (Å²) >= 11 is 12.1. The van der Waals surface area contributed by atoms with Crippen LogP contribution in [0.2, 0.25) is 10.0 Å². The third-order valence-corrected chi connectivity index (χ3v) is 4.21. The first kappa shape index (κ1) is 22.1. The van der Waals surface area contributed by atoms with Crippen LogP contribution in [0.3, 0.4) is 0 Å². The van der Waals surface area contributed by atoms with E-state index >= 15 is 0 Å². The van der Waals surface area contributed by atoms with Gasteiger partial charge in [0.2, 0.25) is 0 Å². The molecule has 0 radical (unpaired) electrons. The fourth-order valence-electron chi connectivity index (χ4n) is 2.25. The number of ether oxygens (including phenoxy) is 4.